The van der Waals surface area contributed by atoms with Crippen molar-refractivity contribution in [2.45, 2.75) is 45.8 Å². The fourth-order valence-electron chi connectivity index (χ4n) is 2.28. The summed E-state index contributed by atoms with van der Waals surface area (Å²) >= 11 is 0. The molecule has 8 nitrogen and oxygen atoms in total. The second kappa shape index (κ2) is 12.0. The highest BCUT2D eigenvalue weighted by Gasteiger charge is 2.16. The molecule has 1 rings (SSSR count). The summed E-state index contributed by atoms with van der Waals surface area (Å²) in [5, 5.41) is 11.5. The molecule has 8 heteroatoms. The summed E-state index contributed by atoms with van der Waals surface area (Å²) in [6.07, 6.45) is -0.447. The molecule has 0 spiro atoms. The van der Waals surface area contributed by atoms with E-state index in [2.05, 4.69) is 5.32 Å². The number of carbonyl (C=O) groups excluding carboxylic acids is 2. The van der Waals surface area contributed by atoms with Gasteiger partial charge in [0.1, 0.15) is 12.2 Å². The predicted octanol–water partition coefficient (Wildman–Crippen LogP) is 2.42. The number of carboxylic acids is 1. The molecule has 156 valence electrons. The second-order valence-electron chi connectivity index (χ2n) is 7.31. The maximum atomic E-state index is 11.9. The van der Waals surface area contributed by atoms with Crippen molar-refractivity contribution in [2.24, 2.45) is 0 Å². The van der Waals surface area contributed by atoms with E-state index >= 15 is 0 Å². The van der Waals surface area contributed by atoms with Gasteiger partial charge in [-0.25, -0.2) is 4.79 Å². The quantitative estimate of drug-likeness (QED) is 0.555. The summed E-state index contributed by atoms with van der Waals surface area (Å²) in [4.78, 5) is 36.2. The van der Waals surface area contributed by atoms with E-state index in [1.165, 1.54) is 0 Å². The first-order chi connectivity index (χ1) is 13.2. The van der Waals surface area contributed by atoms with Gasteiger partial charge >= 0.3 is 18.0 Å². The van der Waals surface area contributed by atoms with Gasteiger partial charge in [-0.3, -0.25) is 9.59 Å². The molecule has 0 bridgehead atoms. The van der Waals surface area contributed by atoms with Crippen LogP contribution < -0.4 is 5.32 Å². The molecule has 28 heavy (non-hydrogen) atoms. The number of amides is 1. The number of carboxylic acid groups (broad SMARTS) is 1. The Kier molecular flexibility index (Phi) is 10.0. The number of ether oxygens (including phenoxy) is 2. The number of hydrogen-bond donors (Lipinski definition) is 2. The molecule has 0 fully saturated rings. The lowest BCUT2D eigenvalue weighted by Gasteiger charge is -2.23. The summed E-state index contributed by atoms with van der Waals surface area (Å²) in [6, 6.07) is 9.36. The fraction of sp³-hybridized carbons (Fsp3) is 0.550. The summed E-state index contributed by atoms with van der Waals surface area (Å²) in [7, 11) is 0. The van der Waals surface area contributed by atoms with Crippen LogP contribution in [0.2, 0.25) is 0 Å². The predicted molar refractivity (Wildman–Crippen MR) is 104 cm³/mol. The summed E-state index contributed by atoms with van der Waals surface area (Å²) < 4.78 is 10.4. The second-order valence-corrected chi connectivity index (χ2v) is 7.31. The molecule has 0 radical (unpaired) electrons. The molecule has 0 aliphatic rings. The van der Waals surface area contributed by atoms with Crippen molar-refractivity contribution in [1.29, 1.82) is 0 Å². The number of benzene rings is 1. The molecule has 1 aromatic rings. The summed E-state index contributed by atoms with van der Waals surface area (Å²) in [6.45, 7) is 6.82. The minimum absolute atomic E-state index is 0.0501. The molecule has 2 N–H and O–H groups in total. The van der Waals surface area contributed by atoms with Gasteiger partial charge in [-0.15, -0.1) is 0 Å². The molecule has 0 aliphatic carbocycles. The van der Waals surface area contributed by atoms with Crippen molar-refractivity contribution in [3.8, 4) is 0 Å². The van der Waals surface area contributed by atoms with Gasteiger partial charge in [0.2, 0.25) is 0 Å². The molecule has 0 aliphatic heterocycles. The van der Waals surface area contributed by atoms with E-state index in [4.69, 9.17) is 14.6 Å². The van der Waals surface area contributed by atoms with Gasteiger partial charge in [0.15, 0.2) is 0 Å². The topological polar surface area (TPSA) is 105 Å². The van der Waals surface area contributed by atoms with Crippen molar-refractivity contribution in [1.82, 2.24) is 10.2 Å². The maximum Gasteiger partial charge on any atom is 0.407 e. The van der Waals surface area contributed by atoms with Gasteiger partial charge in [-0.05, 0) is 26.3 Å². The van der Waals surface area contributed by atoms with Crippen LogP contribution >= 0.6 is 0 Å². The number of carbonyl (C=O) groups is 3. The van der Waals surface area contributed by atoms with Gasteiger partial charge in [0.25, 0.3) is 0 Å². The zero-order valence-corrected chi connectivity index (χ0v) is 16.8. The zero-order valence-electron chi connectivity index (χ0n) is 16.8. The van der Waals surface area contributed by atoms with Crippen molar-refractivity contribution in [3.63, 3.8) is 0 Å². The molecule has 1 aromatic carbocycles. The monoisotopic (exact) mass is 394 g/mol. The Labute approximate surface area is 165 Å². The van der Waals surface area contributed by atoms with Crippen LogP contribution in [0.5, 0.6) is 0 Å². The first-order valence-corrected chi connectivity index (χ1v) is 9.26. The number of rotatable bonds is 11. The lowest BCUT2D eigenvalue weighted by atomic mass is 10.2. The van der Waals surface area contributed by atoms with Gasteiger partial charge < -0.3 is 24.8 Å². The Morgan fingerprint density at radius 1 is 1.04 bits per heavy atom. The van der Waals surface area contributed by atoms with E-state index in [-0.39, 0.29) is 38.5 Å². The van der Waals surface area contributed by atoms with Crippen LogP contribution in [0.15, 0.2) is 30.3 Å². The summed E-state index contributed by atoms with van der Waals surface area (Å²) in [5.41, 5.74) is 0.315. The number of alkyl carbamates (subject to hydrolysis) is 1. The van der Waals surface area contributed by atoms with Gasteiger partial charge in [-0.1, -0.05) is 30.3 Å². The highest BCUT2D eigenvalue weighted by molar-refractivity contribution is 5.69. The lowest BCUT2D eigenvalue weighted by Crippen LogP contribution is -2.39. The van der Waals surface area contributed by atoms with Crippen molar-refractivity contribution in [2.75, 3.05) is 26.2 Å². The molecule has 0 aromatic heterocycles. The van der Waals surface area contributed by atoms with Gasteiger partial charge in [0, 0.05) is 26.2 Å². The third kappa shape index (κ3) is 11.9. The standard InChI is InChI=1S/C20H30N2O6/c1-20(2,3)28-19(26)21-11-14-22(12-9-17(23)24)13-10-18(25)27-15-16-7-5-4-6-8-16/h4-8H,9-15H2,1-3H3,(H,21,26)(H,23,24). The van der Waals surface area contributed by atoms with Crippen LogP contribution in [0, 0.1) is 0 Å². The molecule has 0 saturated heterocycles. The van der Waals surface area contributed by atoms with E-state index in [1.807, 2.05) is 30.3 Å². The van der Waals surface area contributed by atoms with Crippen LogP contribution in [0.4, 0.5) is 4.79 Å². The van der Waals surface area contributed by atoms with Gasteiger partial charge in [-0.2, -0.15) is 0 Å². The maximum absolute atomic E-state index is 11.9. The number of nitrogens with one attached hydrogen (secondary N) is 1. The van der Waals surface area contributed by atoms with E-state index in [0.29, 0.717) is 13.1 Å². The van der Waals surface area contributed by atoms with E-state index < -0.39 is 17.7 Å². The molecule has 0 saturated carbocycles. The molecule has 0 atom stereocenters. The average Bonchev–Trinajstić information content (AvgIpc) is 2.61. The summed E-state index contributed by atoms with van der Waals surface area (Å²) in [5.74, 6) is -1.28. The minimum Gasteiger partial charge on any atom is -0.481 e. The van der Waals surface area contributed by atoms with Crippen LogP contribution in [0.25, 0.3) is 0 Å². The first-order valence-electron chi connectivity index (χ1n) is 9.26. The van der Waals surface area contributed by atoms with Crippen LogP contribution in [0.3, 0.4) is 0 Å². The van der Waals surface area contributed by atoms with Crippen LogP contribution in [-0.2, 0) is 25.7 Å². The van der Waals surface area contributed by atoms with E-state index in [1.54, 1.807) is 25.7 Å². The van der Waals surface area contributed by atoms with Crippen molar-refractivity contribution >= 4 is 18.0 Å². The average molecular weight is 394 g/mol. The Hall–Kier alpha value is -2.61. The Morgan fingerprint density at radius 2 is 1.68 bits per heavy atom. The normalized spacial score (nSPS) is 11.1. The molecular weight excluding hydrogens is 364 g/mol. The third-order valence-electron chi connectivity index (χ3n) is 3.61. The fourth-order valence-corrected chi connectivity index (χ4v) is 2.28. The van der Waals surface area contributed by atoms with Crippen LogP contribution in [-0.4, -0.2) is 59.8 Å². The first kappa shape index (κ1) is 23.4. The number of esters is 1. The molecular formula is C20H30N2O6. The molecule has 0 unspecified atom stereocenters. The third-order valence-corrected chi connectivity index (χ3v) is 3.61. The van der Waals surface area contributed by atoms with Gasteiger partial charge in [0.05, 0.1) is 12.8 Å². The van der Waals surface area contributed by atoms with E-state index in [0.717, 1.165) is 5.56 Å². The molecule has 0 heterocycles. The Balaban J connectivity index is 2.38. The minimum atomic E-state index is -0.920. The van der Waals surface area contributed by atoms with Crippen molar-refractivity contribution in [3.05, 3.63) is 35.9 Å². The number of aliphatic carboxylic acids is 1. The smallest absolute Gasteiger partial charge is 0.407 e. The lowest BCUT2D eigenvalue weighted by molar-refractivity contribution is -0.145. The Morgan fingerprint density at radius 3 is 2.29 bits per heavy atom. The molecule has 1 amide bonds. The number of nitrogens with zero attached hydrogens (tertiary/aromatic N) is 1. The number of hydrogen-bond acceptors (Lipinski definition) is 6. The van der Waals surface area contributed by atoms with E-state index in [9.17, 15) is 14.4 Å². The highest BCUT2D eigenvalue weighted by atomic mass is 16.6. The highest BCUT2D eigenvalue weighted by Crippen LogP contribution is 2.06. The zero-order chi connectivity index (χ0) is 21.0. The Bertz CT molecular complexity index is 627. The SMILES string of the molecule is CC(C)(C)OC(=O)NCCN(CCC(=O)O)CCC(=O)OCc1ccccc1. The van der Waals surface area contributed by atoms with Crippen LogP contribution in [0.1, 0.15) is 39.2 Å². The van der Waals surface area contributed by atoms with Crippen molar-refractivity contribution < 1.29 is 29.0 Å². The largest absolute Gasteiger partial charge is 0.481 e.